The molecular weight excluding hydrogens is 172 g/mol. The maximum atomic E-state index is 11.2. The monoisotopic (exact) mass is 184 g/mol. The second kappa shape index (κ2) is 3.93. The molecule has 1 rings (SSSR count). The maximum absolute atomic E-state index is 11.2. The van der Waals surface area contributed by atoms with Gasteiger partial charge in [-0.3, -0.25) is 0 Å². The molecule has 5 nitrogen and oxygen atoms in total. The highest BCUT2D eigenvalue weighted by atomic mass is 16.7. The van der Waals surface area contributed by atoms with Gasteiger partial charge in [0.1, 0.15) is 0 Å². The van der Waals surface area contributed by atoms with Gasteiger partial charge < -0.3 is 10.2 Å². The molecule has 2 amide bonds. The largest absolute Gasteiger partial charge is 0.358 e. The number of hydrogen-bond acceptors (Lipinski definition) is 3. The number of hydrogen-bond donors (Lipinski definition) is 1. The van der Waals surface area contributed by atoms with Crippen molar-refractivity contribution in [3.8, 4) is 0 Å². The van der Waals surface area contributed by atoms with Gasteiger partial charge in [0.15, 0.2) is 0 Å². The summed E-state index contributed by atoms with van der Waals surface area (Å²) in [5, 5.41) is 3.55. The number of urea groups is 1. The molecule has 1 saturated heterocycles. The molecule has 0 aromatic rings. The molecule has 5 heteroatoms. The molecular formula is C8H12N2O3. The van der Waals surface area contributed by atoms with Crippen LogP contribution in [-0.4, -0.2) is 30.2 Å². The Morgan fingerprint density at radius 1 is 1.69 bits per heavy atom. The average Bonchev–Trinajstić information content (AvgIpc) is 2.50. The van der Waals surface area contributed by atoms with E-state index < -0.39 is 5.97 Å². The van der Waals surface area contributed by atoms with Crippen LogP contribution in [0.5, 0.6) is 0 Å². The minimum Gasteiger partial charge on any atom is -0.334 e. The molecule has 1 N–H and O–H groups in total. The minimum atomic E-state index is -0.487. The summed E-state index contributed by atoms with van der Waals surface area (Å²) >= 11 is 0. The predicted octanol–water partition coefficient (Wildman–Crippen LogP) is 0.436. The van der Waals surface area contributed by atoms with Crippen LogP contribution in [0.15, 0.2) is 11.6 Å². The summed E-state index contributed by atoms with van der Waals surface area (Å²) in [5.41, 5.74) is 0.486. The zero-order chi connectivity index (χ0) is 9.84. The van der Waals surface area contributed by atoms with E-state index in [1.165, 1.54) is 0 Å². The molecule has 72 valence electrons. The van der Waals surface area contributed by atoms with Gasteiger partial charge >= 0.3 is 12.0 Å². The number of hydroxylamine groups is 2. The third-order valence-corrected chi connectivity index (χ3v) is 1.77. The molecule has 0 atom stereocenters. The molecule has 0 bridgehead atoms. The fourth-order valence-electron chi connectivity index (χ4n) is 0.831. The van der Waals surface area contributed by atoms with Crippen LogP contribution in [0.3, 0.4) is 0 Å². The van der Waals surface area contributed by atoms with Gasteiger partial charge in [-0.1, -0.05) is 6.08 Å². The van der Waals surface area contributed by atoms with Crippen LogP contribution < -0.4 is 5.32 Å². The van der Waals surface area contributed by atoms with Crippen molar-refractivity contribution in [3.63, 3.8) is 0 Å². The van der Waals surface area contributed by atoms with Crippen LogP contribution in [-0.2, 0) is 9.63 Å². The number of nitrogens with zero attached hydrogens (tertiary/aromatic N) is 1. The summed E-state index contributed by atoms with van der Waals surface area (Å²) in [6.45, 7) is 4.29. The molecule has 0 aromatic heterocycles. The summed E-state index contributed by atoms with van der Waals surface area (Å²) in [6.07, 6.45) is 1.64. The van der Waals surface area contributed by atoms with Gasteiger partial charge in [0.2, 0.25) is 0 Å². The fraction of sp³-hybridized carbons (Fsp3) is 0.500. The molecule has 13 heavy (non-hydrogen) atoms. The first-order valence-corrected chi connectivity index (χ1v) is 4.05. The van der Waals surface area contributed by atoms with Crippen molar-refractivity contribution < 1.29 is 14.4 Å². The van der Waals surface area contributed by atoms with E-state index in [9.17, 15) is 9.59 Å². The van der Waals surface area contributed by atoms with Crippen LogP contribution in [0.4, 0.5) is 4.79 Å². The number of amides is 2. The number of rotatable bonds is 2. The van der Waals surface area contributed by atoms with E-state index >= 15 is 0 Å². The lowest BCUT2D eigenvalue weighted by atomic mass is 10.3. The molecule has 0 spiro atoms. The summed E-state index contributed by atoms with van der Waals surface area (Å²) in [6, 6.07) is -0.364. The molecule has 0 radical (unpaired) electrons. The van der Waals surface area contributed by atoms with Gasteiger partial charge in [0.25, 0.3) is 0 Å². The van der Waals surface area contributed by atoms with Crippen molar-refractivity contribution in [2.24, 2.45) is 0 Å². The summed E-state index contributed by atoms with van der Waals surface area (Å²) < 4.78 is 0. The standard InChI is InChI=1S/C8H12N2O3/c1-3-6(2)7(11)13-10-5-4-9-8(10)12/h3H,4-5H2,1-2H3,(H,9,12). The van der Waals surface area contributed by atoms with Gasteiger partial charge in [-0.15, -0.1) is 0 Å². The van der Waals surface area contributed by atoms with Crippen LogP contribution in [0.1, 0.15) is 13.8 Å². The van der Waals surface area contributed by atoms with E-state index in [4.69, 9.17) is 4.84 Å². The summed E-state index contributed by atoms with van der Waals surface area (Å²) in [4.78, 5) is 26.9. The predicted molar refractivity (Wildman–Crippen MR) is 45.6 cm³/mol. The molecule has 1 fully saturated rings. The molecule has 0 aliphatic carbocycles. The van der Waals surface area contributed by atoms with Gasteiger partial charge in [-0.05, 0) is 13.8 Å². The number of carbonyl (C=O) groups is 2. The Bertz CT molecular complexity index is 260. The molecule has 0 saturated carbocycles. The number of nitrogens with one attached hydrogen (secondary N) is 1. The van der Waals surface area contributed by atoms with Crippen LogP contribution >= 0.6 is 0 Å². The highest BCUT2D eigenvalue weighted by Crippen LogP contribution is 2.02. The van der Waals surface area contributed by atoms with Crippen molar-refractivity contribution in [1.29, 1.82) is 0 Å². The number of allylic oxidation sites excluding steroid dienone is 1. The topological polar surface area (TPSA) is 58.6 Å². The zero-order valence-electron chi connectivity index (χ0n) is 7.66. The lowest BCUT2D eigenvalue weighted by molar-refractivity contribution is -0.168. The fourth-order valence-corrected chi connectivity index (χ4v) is 0.831. The highest BCUT2D eigenvalue weighted by Gasteiger charge is 2.23. The average molecular weight is 184 g/mol. The SMILES string of the molecule is CC=C(C)C(=O)ON1CCNC1=O. The van der Waals surface area contributed by atoms with Gasteiger partial charge in [-0.2, -0.15) is 5.06 Å². The molecule has 0 unspecified atom stereocenters. The van der Waals surface area contributed by atoms with E-state index in [-0.39, 0.29) is 6.03 Å². The third kappa shape index (κ3) is 2.21. The molecule has 1 aliphatic heterocycles. The van der Waals surface area contributed by atoms with E-state index in [2.05, 4.69) is 5.32 Å². The van der Waals surface area contributed by atoms with Crippen molar-refractivity contribution in [2.75, 3.05) is 13.1 Å². The first-order valence-electron chi connectivity index (χ1n) is 4.05. The van der Waals surface area contributed by atoms with Crippen molar-refractivity contribution >= 4 is 12.0 Å². The van der Waals surface area contributed by atoms with Crippen molar-refractivity contribution in [3.05, 3.63) is 11.6 Å². The Balaban J connectivity index is 2.49. The Morgan fingerprint density at radius 3 is 2.85 bits per heavy atom. The van der Waals surface area contributed by atoms with E-state index in [1.807, 2.05) is 0 Å². The van der Waals surface area contributed by atoms with Crippen molar-refractivity contribution in [2.45, 2.75) is 13.8 Å². The lowest BCUT2D eigenvalue weighted by Gasteiger charge is -2.12. The van der Waals surface area contributed by atoms with E-state index in [1.54, 1.807) is 19.9 Å². The van der Waals surface area contributed by atoms with E-state index in [0.29, 0.717) is 18.7 Å². The Morgan fingerprint density at radius 2 is 2.38 bits per heavy atom. The molecule has 1 aliphatic rings. The van der Waals surface area contributed by atoms with Crippen LogP contribution in [0.25, 0.3) is 0 Å². The van der Waals surface area contributed by atoms with E-state index in [0.717, 1.165) is 5.06 Å². The van der Waals surface area contributed by atoms with Crippen molar-refractivity contribution in [1.82, 2.24) is 10.4 Å². The Kier molecular flexibility index (Phi) is 2.89. The Hall–Kier alpha value is -1.52. The second-order valence-corrected chi connectivity index (χ2v) is 2.68. The first kappa shape index (κ1) is 9.57. The maximum Gasteiger partial charge on any atom is 0.358 e. The highest BCUT2D eigenvalue weighted by molar-refractivity contribution is 5.88. The second-order valence-electron chi connectivity index (χ2n) is 2.68. The van der Waals surface area contributed by atoms with Crippen LogP contribution in [0, 0.1) is 0 Å². The zero-order valence-corrected chi connectivity index (χ0v) is 7.66. The third-order valence-electron chi connectivity index (χ3n) is 1.77. The smallest absolute Gasteiger partial charge is 0.334 e. The lowest BCUT2D eigenvalue weighted by Crippen LogP contribution is -2.31. The summed E-state index contributed by atoms with van der Waals surface area (Å²) in [7, 11) is 0. The molecule has 1 heterocycles. The first-order chi connectivity index (χ1) is 6.15. The van der Waals surface area contributed by atoms with Gasteiger partial charge in [-0.25, -0.2) is 9.59 Å². The normalized spacial score (nSPS) is 17.2. The van der Waals surface area contributed by atoms with Gasteiger partial charge in [0.05, 0.1) is 6.54 Å². The van der Waals surface area contributed by atoms with Gasteiger partial charge in [0, 0.05) is 12.1 Å². The quantitative estimate of drug-likeness (QED) is 0.633. The Labute approximate surface area is 76.3 Å². The minimum absolute atomic E-state index is 0.364. The number of carbonyl (C=O) groups excluding carboxylic acids is 2. The molecule has 0 aromatic carbocycles. The summed E-state index contributed by atoms with van der Waals surface area (Å²) in [5.74, 6) is -0.487. The van der Waals surface area contributed by atoms with Crippen LogP contribution in [0.2, 0.25) is 0 Å².